The molecule has 2 heterocycles. The van der Waals surface area contributed by atoms with Crippen LogP contribution < -0.4 is 25.0 Å². The van der Waals surface area contributed by atoms with E-state index in [1.807, 2.05) is 25.1 Å². The Kier molecular flexibility index (Phi) is 6.38. The number of para-hydroxylation sites is 1. The SMILES string of the molecule is CCSc1n[n+]2c(c(=O)[nH]1)-c1cc(Br)ccc1N[C@H]2c1cccc(OC)c1OCC(=O)O. The van der Waals surface area contributed by atoms with Gasteiger partial charge in [-0.2, -0.15) is 0 Å². The molecule has 0 unspecified atom stereocenters. The second-order valence-electron chi connectivity index (χ2n) is 6.78. The molecule has 0 spiro atoms. The summed E-state index contributed by atoms with van der Waals surface area (Å²) in [7, 11) is 1.48. The largest absolute Gasteiger partial charge is 0.493 e. The number of methoxy groups -OCH3 is 1. The van der Waals surface area contributed by atoms with Gasteiger partial charge in [-0.05, 0) is 40.8 Å². The molecule has 1 atom stereocenters. The average Bonchev–Trinajstić information content (AvgIpc) is 2.76. The van der Waals surface area contributed by atoms with Crippen molar-refractivity contribution in [3.05, 3.63) is 56.8 Å². The molecule has 0 bridgehead atoms. The number of hydrogen-bond donors (Lipinski definition) is 3. The van der Waals surface area contributed by atoms with E-state index in [9.17, 15) is 9.59 Å². The van der Waals surface area contributed by atoms with Crippen LogP contribution in [0.4, 0.5) is 5.69 Å². The fraction of sp³-hybridized carbons (Fsp3) is 0.238. The minimum Gasteiger partial charge on any atom is -0.493 e. The van der Waals surface area contributed by atoms with E-state index in [2.05, 4.69) is 31.3 Å². The van der Waals surface area contributed by atoms with Gasteiger partial charge in [0.2, 0.25) is 5.16 Å². The first-order chi connectivity index (χ1) is 15.4. The molecule has 1 aliphatic heterocycles. The average molecular weight is 520 g/mol. The highest BCUT2D eigenvalue weighted by Crippen LogP contribution is 2.39. The summed E-state index contributed by atoms with van der Waals surface area (Å²) in [6.07, 6.45) is -0.643. The van der Waals surface area contributed by atoms with Gasteiger partial charge >= 0.3 is 17.2 Å². The van der Waals surface area contributed by atoms with Gasteiger partial charge in [-0.25, -0.2) is 4.79 Å². The van der Waals surface area contributed by atoms with Gasteiger partial charge in [0.1, 0.15) is 0 Å². The highest BCUT2D eigenvalue weighted by atomic mass is 79.9. The van der Waals surface area contributed by atoms with E-state index in [-0.39, 0.29) is 11.3 Å². The Morgan fingerprint density at radius 2 is 2.16 bits per heavy atom. The van der Waals surface area contributed by atoms with E-state index in [0.717, 1.165) is 15.9 Å². The molecule has 3 N–H and O–H groups in total. The monoisotopic (exact) mass is 519 g/mol. The quantitative estimate of drug-likeness (QED) is 0.322. The summed E-state index contributed by atoms with van der Waals surface area (Å²) >= 11 is 4.88. The number of nitrogens with one attached hydrogen (secondary N) is 2. The smallest absolute Gasteiger partial charge is 0.341 e. The molecule has 0 radical (unpaired) electrons. The fourth-order valence-corrected chi connectivity index (χ4v) is 4.47. The summed E-state index contributed by atoms with van der Waals surface area (Å²) in [5.74, 6) is 0.259. The van der Waals surface area contributed by atoms with Crippen LogP contribution in [0.15, 0.2) is 50.8 Å². The van der Waals surface area contributed by atoms with Gasteiger partial charge in [0, 0.05) is 9.57 Å². The molecule has 2 aromatic carbocycles. The van der Waals surface area contributed by atoms with Gasteiger partial charge in [0.05, 0.1) is 23.9 Å². The van der Waals surface area contributed by atoms with E-state index in [1.165, 1.54) is 18.9 Å². The number of rotatable bonds is 7. The number of halogens is 1. The van der Waals surface area contributed by atoms with Gasteiger partial charge in [-0.3, -0.25) is 9.78 Å². The number of carboxylic acid groups (broad SMARTS) is 1. The summed E-state index contributed by atoms with van der Waals surface area (Å²) in [6.45, 7) is 1.43. The number of ether oxygens (including phenoxy) is 2. The van der Waals surface area contributed by atoms with Crippen molar-refractivity contribution in [3.8, 4) is 22.8 Å². The predicted molar refractivity (Wildman–Crippen MR) is 122 cm³/mol. The van der Waals surface area contributed by atoms with Crippen LogP contribution >= 0.6 is 27.7 Å². The third kappa shape index (κ3) is 4.17. The number of carboxylic acids is 1. The van der Waals surface area contributed by atoms with Crippen molar-refractivity contribution in [1.82, 2.24) is 10.1 Å². The maximum absolute atomic E-state index is 13.1. The van der Waals surface area contributed by atoms with Crippen molar-refractivity contribution in [2.45, 2.75) is 18.2 Å². The number of aliphatic carboxylic acids is 1. The Morgan fingerprint density at radius 1 is 1.34 bits per heavy atom. The second kappa shape index (κ2) is 9.21. The molecular formula is C21H20BrN4O5S+. The zero-order valence-electron chi connectivity index (χ0n) is 17.2. The van der Waals surface area contributed by atoms with Crippen molar-refractivity contribution < 1.29 is 24.1 Å². The van der Waals surface area contributed by atoms with Crippen LogP contribution in [0, 0.1) is 0 Å². The Morgan fingerprint density at radius 3 is 2.88 bits per heavy atom. The van der Waals surface area contributed by atoms with Crippen LogP contribution in [0.2, 0.25) is 0 Å². The zero-order valence-corrected chi connectivity index (χ0v) is 19.6. The third-order valence-corrected chi connectivity index (χ3v) is 6.02. The van der Waals surface area contributed by atoms with Gasteiger partial charge in [0.25, 0.3) is 6.17 Å². The van der Waals surface area contributed by atoms with Gasteiger partial charge in [0.15, 0.2) is 18.1 Å². The number of aromatic nitrogens is 3. The summed E-state index contributed by atoms with van der Waals surface area (Å²) in [6, 6.07) is 10.8. The predicted octanol–water partition coefficient (Wildman–Crippen LogP) is 3.04. The van der Waals surface area contributed by atoms with Crippen molar-refractivity contribution in [2.24, 2.45) is 0 Å². The summed E-state index contributed by atoms with van der Waals surface area (Å²) < 4.78 is 13.4. The number of thioether (sulfide) groups is 1. The minimum atomic E-state index is -1.11. The van der Waals surface area contributed by atoms with E-state index >= 15 is 0 Å². The van der Waals surface area contributed by atoms with Crippen LogP contribution in [0.1, 0.15) is 18.7 Å². The number of carbonyl (C=O) groups is 1. The van der Waals surface area contributed by atoms with E-state index in [4.69, 9.17) is 14.6 Å². The molecule has 0 fully saturated rings. The maximum Gasteiger partial charge on any atom is 0.341 e. The topological polar surface area (TPSA) is 117 Å². The molecule has 11 heteroatoms. The van der Waals surface area contributed by atoms with Crippen LogP contribution in [0.5, 0.6) is 11.5 Å². The summed E-state index contributed by atoms with van der Waals surface area (Å²) in [5.41, 5.74) is 2.09. The Bertz CT molecular complexity index is 1250. The standard InChI is InChI=1S/C21H19BrN4O5S/c1-3-32-21-24-20(29)17-13-9-11(22)7-8-14(13)23-19(26(17)25-21)12-5-4-6-15(30-2)18(12)31-10-16(27)28/h4-9,19H,3,10H2,1-2H3,(H2,24,25,27,28,29)/p+1/t19-/m1/s1. The number of nitrogens with zero attached hydrogens (tertiary/aromatic N) is 2. The molecule has 9 nitrogen and oxygen atoms in total. The van der Waals surface area contributed by atoms with Crippen molar-refractivity contribution in [1.29, 1.82) is 0 Å². The molecule has 32 heavy (non-hydrogen) atoms. The Labute approximate surface area is 195 Å². The second-order valence-corrected chi connectivity index (χ2v) is 8.95. The highest BCUT2D eigenvalue weighted by molar-refractivity contribution is 9.10. The lowest BCUT2D eigenvalue weighted by atomic mass is 10.0. The lowest BCUT2D eigenvalue weighted by Crippen LogP contribution is -2.55. The Hall–Kier alpha value is -3.05. The molecule has 1 aliphatic rings. The van der Waals surface area contributed by atoms with Crippen LogP contribution in [-0.4, -0.2) is 40.6 Å². The van der Waals surface area contributed by atoms with Gasteiger partial charge in [-0.1, -0.05) is 40.7 Å². The summed E-state index contributed by atoms with van der Waals surface area (Å²) in [5, 5.41) is 17.7. The number of fused-ring (bicyclic) bond motifs is 3. The number of hydrogen-bond acceptors (Lipinski definition) is 7. The van der Waals surface area contributed by atoms with Crippen LogP contribution in [0.25, 0.3) is 11.3 Å². The zero-order chi connectivity index (χ0) is 22.8. The lowest BCUT2D eigenvalue weighted by Gasteiger charge is -2.24. The molecule has 0 aliphatic carbocycles. The van der Waals surface area contributed by atoms with Gasteiger partial charge in [-0.15, -0.1) is 0 Å². The van der Waals surface area contributed by atoms with Gasteiger partial charge < -0.3 is 19.9 Å². The van der Waals surface area contributed by atoms with Crippen LogP contribution in [0.3, 0.4) is 0 Å². The first-order valence-electron chi connectivity index (χ1n) is 9.69. The molecule has 0 amide bonds. The molecular weight excluding hydrogens is 500 g/mol. The molecule has 3 aromatic rings. The molecule has 166 valence electrons. The normalized spacial score (nSPS) is 14.2. The van der Waals surface area contributed by atoms with Crippen LogP contribution in [-0.2, 0) is 4.79 Å². The molecule has 4 rings (SSSR count). The number of H-pyrrole nitrogens is 1. The highest BCUT2D eigenvalue weighted by Gasteiger charge is 2.40. The number of aromatic amines is 1. The maximum atomic E-state index is 13.1. The van der Waals surface area contributed by atoms with Crippen molar-refractivity contribution in [2.75, 3.05) is 24.8 Å². The van der Waals surface area contributed by atoms with Crippen molar-refractivity contribution in [3.63, 3.8) is 0 Å². The van der Waals surface area contributed by atoms with Crippen molar-refractivity contribution >= 4 is 39.3 Å². The van der Waals surface area contributed by atoms with E-state index in [0.29, 0.717) is 27.7 Å². The minimum absolute atomic E-state index is 0.265. The fourth-order valence-electron chi connectivity index (χ4n) is 3.52. The first-order valence-corrected chi connectivity index (χ1v) is 11.5. The summed E-state index contributed by atoms with van der Waals surface area (Å²) in [4.78, 5) is 27.1. The Balaban J connectivity index is 1.95. The molecule has 0 saturated heterocycles. The number of benzene rings is 2. The van der Waals surface area contributed by atoms with E-state index < -0.39 is 18.7 Å². The van der Waals surface area contributed by atoms with E-state index in [1.54, 1.807) is 22.9 Å². The third-order valence-electron chi connectivity index (χ3n) is 4.78. The number of anilines is 1. The lowest BCUT2D eigenvalue weighted by molar-refractivity contribution is -0.759. The molecule has 1 aromatic heterocycles. The molecule has 0 saturated carbocycles. The first kappa shape index (κ1) is 22.2.